The van der Waals surface area contributed by atoms with Crippen molar-refractivity contribution >= 4 is 0 Å². The topological polar surface area (TPSA) is 0 Å². The minimum atomic E-state index is 0.671. The molecule has 0 amide bonds. The quantitative estimate of drug-likeness (QED) is 0.518. The standard InChI is InChI=1S/C15H26/c1-13(2)9-6-7-11-15(5)12-8-10-14(3)4/h6,9-11,13H,7-8,12H2,1-5H3/b9-6+,15-11+. The lowest BCUT2D eigenvalue weighted by Gasteiger charge is -1.98. The molecule has 0 N–H and O–H groups in total. The van der Waals surface area contributed by atoms with Gasteiger partial charge in [0.05, 0.1) is 0 Å². The van der Waals surface area contributed by atoms with E-state index in [4.69, 9.17) is 0 Å². The maximum Gasteiger partial charge on any atom is -0.0167 e. The molecule has 0 nitrogen and oxygen atoms in total. The average molecular weight is 206 g/mol. The third-order valence-corrected chi connectivity index (χ3v) is 2.21. The van der Waals surface area contributed by atoms with E-state index in [1.807, 2.05) is 0 Å². The summed E-state index contributed by atoms with van der Waals surface area (Å²) in [5.74, 6) is 0.671. The third-order valence-electron chi connectivity index (χ3n) is 2.21. The van der Waals surface area contributed by atoms with Gasteiger partial charge in [-0.15, -0.1) is 0 Å². The van der Waals surface area contributed by atoms with Gasteiger partial charge in [-0.05, 0) is 46.0 Å². The first kappa shape index (κ1) is 14.2. The van der Waals surface area contributed by atoms with E-state index in [1.165, 1.54) is 24.0 Å². The van der Waals surface area contributed by atoms with Crippen LogP contribution >= 0.6 is 0 Å². The normalized spacial score (nSPS) is 12.5. The van der Waals surface area contributed by atoms with E-state index in [1.54, 1.807) is 0 Å². The van der Waals surface area contributed by atoms with Crippen molar-refractivity contribution in [1.29, 1.82) is 0 Å². The lowest BCUT2D eigenvalue weighted by Crippen LogP contribution is -1.78. The summed E-state index contributed by atoms with van der Waals surface area (Å²) in [5, 5.41) is 0. The van der Waals surface area contributed by atoms with Crippen molar-refractivity contribution in [2.45, 2.75) is 53.9 Å². The van der Waals surface area contributed by atoms with Crippen LogP contribution in [0.3, 0.4) is 0 Å². The van der Waals surface area contributed by atoms with E-state index in [2.05, 4.69) is 58.9 Å². The summed E-state index contributed by atoms with van der Waals surface area (Å²) < 4.78 is 0. The summed E-state index contributed by atoms with van der Waals surface area (Å²) >= 11 is 0. The number of hydrogen-bond acceptors (Lipinski definition) is 0. The molecule has 0 spiro atoms. The summed E-state index contributed by atoms with van der Waals surface area (Å²) in [6, 6.07) is 0. The van der Waals surface area contributed by atoms with Crippen LogP contribution < -0.4 is 0 Å². The van der Waals surface area contributed by atoms with Gasteiger partial charge in [0, 0.05) is 0 Å². The fraction of sp³-hybridized carbons (Fsp3) is 0.600. The smallest absolute Gasteiger partial charge is 0.0167 e. The first-order valence-corrected chi connectivity index (χ1v) is 5.98. The molecule has 0 heteroatoms. The molecule has 0 unspecified atom stereocenters. The number of allylic oxidation sites excluding steroid dienone is 6. The first-order chi connectivity index (χ1) is 7.02. The molecule has 0 rings (SSSR count). The number of hydrogen-bond donors (Lipinski definition) is 0. The van der Waals surface area contributed by atoms with E-state index in [-0.39, 0.29) is 0 Å². The van der Waals surface area contributed by atoms with Crippen molar-refractivity contribution in [3.8, 4) is 0 Å². The molecule has 0 fully saturated rings. The summed E-state index contributed by atoms with van der Waals surface area (Å²) in [5.41, 5.74) is 2.92. The summed E-state index contributed by atoms with van der Waals surface area (Å²) in [6.07, 6.45) is 12.6. The largest absolute Gasteiger partial charge is 0.0857 e. The molecule has 0 aliphatic carbocycles. The Morgan fingerprint density at radius 3 is 2.27 bits per heavy atom. The van der Waals surface area contributed by atoms with E-state index < -0.39 is 0 Å². The molecule has 0 aliphatic heterocycles. The maximum absolute atomic E-state index is 2.33. The molecule has 0 aromatic heterocycles. The van der Waals surface area contributed by atoms with Crippen LogP contribution in [0.4, 0.5) is 0 Å². The molecule has 15 heavy (non-hydrogen) atoms. The van der Waals surface area contributed by atoms with Crippen LogP contribution in [0.5, 0.6) is 0 Å². The van der Waals surface area contributed by atoms with Gasteiger partial charge in [-0.2, -0.15) is 0 Å². The van der Waals surface area contributed by atoms with E-state index in [0.717, 1.165) is 6.42 Å². The zero-order valence-corrected chi connectivity index (χ0v) is 11.0. The molecule has 0 aliphatic rings. The van der Waals surface area contributed by atoms with Crippen LogP contribution in [-0.2, 0) is 0 Å². The Labute approximate surface area is 95.8 Å². The minimum absolute atomic E-state index is 0.671. The van der Waals surface area contributed by atoms with Crippen LogP contribution in [0.15, 0.2) is 35.5 Å². The first-order valence-electron chi connectivity index (χ1n) is 5.98. The van der Waals surface area contributed by atoms with Crippen LogP contribution in [0, 0.1) is 5.92 Å². The van der Waals surface area contributed by atoms with Crippen LogP contribution in [-0.4, -0.2) is 0 Å². The third kappa shape index (κ3) is 11.1. The fourth-order valence-corrected chi connectivity index (χ4v) is 1.31. The zero-order chi connectivity index (χ0) is 11.7. The Hall–Kier alpha value is -0.780. The molecular weight excluding hydrogens is 180 g/mol. The second kappa shape index (κ2) is 8.52. The van der Waals surface area contributed by atoms with Gasteiger partial charge < -0.3 is 0 Å². The van der Waals surface area contributed by atoms with Gasteiger partial charge in [0.25, 0.3) is 0 Å². The van der Waals surface area contributed by atoms with Crippen molar-refractivity contribution < 1.29 is 0 Å². The molecule has 86 valence electrons. The summed E-state index contributed by atoms with van der Waals surface area (Å²) in [6.45, 7) is 11.0. The Kier molecular flexibility index (Phi) is 8.08. The van der Waals surface area contributed by atoms with E-state index in [9.17, 15) is 0 Å². The van der Waals surface area contributed by atoms with Crippen LogP contribution in [0.2, 0.25) is 0 Å². The van der Waals surface area contributed by atoms with E-state index in [0.29, 0.717) is 5.92 Å². The zero-order valence-electron chi connectivity index (χ0n) is 11.0. The van der Waals surface area contributed by atoms with Crippen molar-refractivity contribution in [3.63, 3.8) is 0 Å². The number of rotatable bonds is 6. The molecular formula is C15H26. The summed E-state index contributed by atoms with van der Waals surface area (Å²) in [7, 11) is 0. The molecule has 0 heterocycles. The van der Waals surface area contributed by atoms with Gasteiger partial charge in [-0.3, -0.25) is 0 Å². The second-order valence-electron chi connectivity index (χ2n) is 4.78. The maximum atomic E-state index is 2.33. The SMILES string of the molecule is CC(C)=CCC/C(C)=C/C/C=C/C(C)C. The monoisotopic (exact) mass is 206 g/mol. The summed E-state index contributed by atoms with van der Waals surface area (Å²) in [4.78, 5) is 0. The molecule has 0 aromatic carbocycles. The van der Waals surface area contributed by atoms with Crippen molar-refractivity contribution in [1.82, 2.24) is 0 Å². The highest BCUT2D eigenvalue weighted by atomic mass is 13.9. The Bertz CT molecular complexity index is 235. The van der Waals surface area contributed by atoms with Crippen molar-refractivity contribution in [3.05, 3.63) is 35.5 Å². The Morgan fingerprint density at radius 2 is 1.73 bits per heavy atom. The fourth-order valence-electron chi connectivity index (χ4n) is 1.31. The molecule has 0 radical (unpaired) electrons. The van der Waals surface area contributed by atoms with Crippen LogP contribution in [0.25, 0.3) is 0 Å². The van der Waals surface area contributed by atoms with Crippen molar-refractivity contribution in [2.75, 3.05) is 0 Å². The Balaban J connectivity index is 3.75. The minimum Gasteiger partial charge on any atom is -0.0857 e. The predicted molar refractivity (Wildman–Crippen MR) is 71.0 cm³/mol. The van der Waals surface area contributed by atoms with Gasteiger partial charge in [0.15, 0.2) is 0 Å². The lowest BCUT2D eigenvalue weighted by molar-refractivity contribution is 0.827. The predicted octanol–water partition coefficient (Wildman–Crippen LogP) is 5.28. The molecule has 0 aromatic rings. The Morgan fingerprint density at radius 1 is 1.07 bits per heavy atom. The van der Waals surface area contributed by atoms with Crippen molar-refractivity contribution in [2.24, 2.45) is 5.92 Å². The van der Waals surface area contributed by atoms with Gasteiger partial charge >= 0.3 is 0 Å². The van der Waals surface area contributed by atoms with Crippen LogP contribution in [0.1, 0.15) is 53.9 Å². The molecule has 0 atom stereocenters. The van der Waals surface area contributed by atoms with Gasteiger partial charge in [0.2, 0.25) is 0 Å². The van der Waals surface area contributed by atoms with E-state index >= 15 is 0 Å². The molecule has 0 saturated carbocycles. The highest BCUT2D eigenvalue weighted by molar-refractivity contribution is 5.04. The second-order valence-corrected chi connectivity index (χ2v) is 4.78. The van der Waals surface area contributed by atoms with Gasteiger partial charge in [0.1, 0.15) is 0 Å². The molecule has 0 bridgehead atoms. The lowest BCUT2D eigenvalue weighted by atomic mass is 10.1. The van der Waals surface area contributed by atoms with Gasteiger partial charge in [-0.25, -0.2) is 0 Å². The highest BCUT2D eigenvalue weighted by Crippen LogP contribution is 2.08. The van der Waals surface area contributed by atoms with Gasteiger partial charge in [-0.1, -0.05) is 49.3 Å². The highest BCUT2D eigenvalue weighted by Gasteiger charge is 1.88. The average Bonchev–Trinajstić information content (AvgIpc) is 2.11. The molecule has 0 saturated heterocycles.